The first-order valence-electron chi connectivity index (χ1n) is 9.12. The van der Waals surface area contributed by atoms with Crippen molar-refractivity contribution >= 4 is 62.2 Å². The first kappa shape index (κ1) is 23.7. The Morgan fingerprint density at radius 2 is 1.81 bits per heavy atom. The van der Waals surface area contributed by atoms with Crippen LogP contribution in [0.4, 0.5) is 5.69 Å². The van der Waals surface area contributed by atoms with E-state index in [1.807, 2.05) is 0 Å². The third kappa shape index (κ3) is 6.52. The Labute approximate surface area is 195 Å². The number of nitrogens with zero attached hydrogens (tertiary/aromatic N) is 1. The number of hydrogen-bond acceptors (Lipinski definition) is 6. The molecular formula is C19H19Cl2N3O5S2. The molecule has 0 radical (unpaired) electrons. The second-order valence-corrected chi connectivity index (χ2v) is 9.60. The molecule has 0 atom stereocenters. The Hall–Kier alpha value is -1.95. The van der Waals surface area contributed by atoms with Crippen molar-refractivity contribution in [3.05, 3.63) is 52.5 Å². The van der Waals surface area contributed by atoms with E-state index in [0.717, 1.165) is 0 Å². The van der Waals surface area contributed by atoms with Crippen molar-refractivity contribution in [2.75, 3.05) is 38.2 Å². The van der Waals surface area contributed by atoms with Crippen molar-refractivity contribution in [2.45, 2.75) is 4.90 Å². The van der Waals surface area contributed by atoms with Crippen molar-refractivity contribution in [2.24, 2.45) is 0 Å². The smallest absolute Gasteiger partial charge is 0.264 e. The molecule has 0 aliphatic carbocycles. The number of anilines is 1. The molecule has 0 spiro atoms. The summed E-state index contributed by atoms with van der Waals surface area (Å²) in [6.45, 7) is 1.09. The van der Waals surface area contributed by atoms with E-state index in [-0.39, 0.29) is 21.6 Å². The summed E-state index contributed by atoms with van der Waals surface area (Å²) in [6, 6.07) is 10.7. The highest BCUT2D eigenvalue weighted by Gasteiger charge is 2.26. The molecule has 1 amide bonds. The van der Waals surface area contributed by atoms with Crippen LogP contribution in [0.3, 0.4) is 0 Å². The summed E-state index contributed by atoms with van der Waals surface area (Å²) < 4.78 is 37.2. The summed E-state index contributed by atoms with van der Waals surface area (Å²) in [4.78, 5) is 12.2. The lowest BCUT2D eigenvalue weighted by Gasteiger charge is -2.26. The molecule has 0 aromatic heterocycles. The SMILES string of the molecule is O=C(COc1ccc(Cl)cc1Cl)NC(=S)Nc1ccc(S(=O)(=O)N2CCOCC2)cc1. The highest BCUT2D eigenvalue weighted by Crippen LogP contribution is 2.27. The topological polar surface area (TPSA) is 97.0 Å². The lowest BCUT2D eigenvalue weighted by atomic mass is 10.3. The van der Waals surface area contributed by atoms with Crippen LogP contribution >= 0.6 is 35.4 Å². The monoisotopic (exact) mass is 503 g/mol. The van der Waals surface area contributed by atoms with Crippen LogP contribution in [0.2, 0.25) is 10.0 Å². The third-order valence-electron chi connectivity index (χ3n) is 4.23. The molecule has 1 fully saturated rings. The second kappa shape index (κ2) is 10.6. The average molecular weight is 504 g/mol. The Morgan fingerprint density at radius 1 is 1.13 bits per heavy atom. The van der Waals surface area contributed by atoms with Gasteiger partial charge in [0.05, 0.1) is 23.1 Å². The number of carbonyl (C=O) groups excluding carboxylic acids is 1. The molecule has 1 aliphatic heterocycles. The number of sulfonamides is 1. The summed E-state index contributed by atoms with van der Waals surface area (Å²) in [5.41, 5.74) is 0.521. The van der Waals surface area contributed by atoms with Crippen LogP contribution in [0.1, 0.15) is 0 Å². The molecule has 0 unspecified atom stereocenters. The highest BCUT2D eigenvalue weighted by molar-refractivity contribution is 7.89. The molecule has 1 saturated heterocycles. The van der Waals surface area contributed by atoms with Crippen LogP contribution in [-0.2, 0) is 19.6 Å². The number of ether oxygens (including phenoxy) is 2. The first-order valence-corrected chi connectivity index (χ1v) is 11.7. The number of hydrogen-bond donors (Lipinski definition) is 2. The molecule has 2 aromatic rings. The Morgan fingerprint density at radius 3 is 2.45 bits per heavy atom. The number of thiocarbonyl (C=S) groups is 1. The second-order valence-electron chi connectivity index (χ2n) is 6.41. The number of rotatable bonds is 6. The van der Waals surface area contributed by atoms with E-state index >= 15 is 0 Å². The fourth-order valence-corrected chi connectivity index (χ4v) is 4.81. The molecule has 0 bridgehead atoms. The van der Waals surface area contributed by atoms with Gasteiger partial charge in [-0.1, -0.05) is 23.2 Å². The van der Waals surface area contributed by atoms with Gasteiger partial charge in [0.25, 0.3) is 5.91 Å². The van der Waals surface area contributed by atoms with E-state index in [9.17, 15) is 13.2 Å². The fourth-order valence-electron chi connectivity index (χ4n) is 2.71. The summed E-state index contributed by atoms with van der Waals surface area (Å²) in [7, 11) is -3.58. The zero-order valence-electron chi connectivity index (χ0n) is 16.1. The van der Waals surface area contributed by atoms with Crippen molar-refractivity contribution in [3.8, 4) is 5.75 Å². The minimum Gasteiger partial charge on any atom is -0.482 e. The van der Waals surface area contributed by atoms with Gasteiger partial charge in [0, 0.05) is 23.8 Å². The maximum Gasteiger partial charge on any atom is 0.264 e. The van der Waals surface area contributed by atoms with Gasteiger partial charge in [-0.15, -0.1) is 0 Å². The van der Waals surface area contributed by atoms with Gasteiger partial charge in [0.1, 0.15) is 5.75 Å². The molecule has 1 heterocycles. The summed E-state index contributed by atoms with van der Waals surface area (Å²) in [5, 5.41) is 6.07. The van der Waals surface area contributed by atoms with Crippen molar-refractivity contribution < 1.29 is 22.7 Å². The number of morpholine rings is 1. The summed E-state index contributed by atoms with van der Waals surface area (Å²) in [5.74, 6) is -0.174. The average Bonchev–Trinajstić information content (AvgIpc) is 2.74. The quantitative estimate of drug-likeness (QED) is 0.584. The number of carbonyl (C=O) groups is 1. The lowest BCUT2D eigenvalue weighted by Crippen LogP contribution is -2.40. The van der Waals surface area contributed by atoms with Gasteiger partial charge in [-0.25, -0.2) is 8.42 Å². The van der Waals surface area contributed by atoms with Gasteiger partial charge in [-0.2, -0.15) is 4.31 Å². The molecule has 2 N–H and O–H groups in total. The van der Waals surface area contributed by atoms with Gasteiger partial charge < -0.3 is 14.8 Å². The maximum atomic E-state index is 12.6. The zero-order valence-corrected chi connectivity index (χ0v) is 19.3. The third-order valence-corrected chi connectivity index (χ3v) is 6.87. The lowest BCUT2D eigenvalue weighted by molar-refractivity contribution is -0.121. The normalized spacial score (nSPS) is 14.6. The Bertz CT molecular complexity index is 1060. The van der Waals surface area contributed by atoms with Crippen LogP contribution < -0.4 is 15.4 Å². The molecule has 31 heavy (non-hydrogen) atoms. The molecular weight excluding hydrogens is 485 g/mol. The number of halogens is 2. The molecule has 12 heteroatoms. The predicted molar refractivity (Wildman–Crippen MR) is 122 cm³/mol. The fraction of sp³-hybridized carbons (Fsp3) is 0.263. The van der Waals surface area contributed by atoms with Crippen molar-refractivity contribution in [1.29, 1.82) is 0 Å². The van der Waals surface area contributed by atoms with E-state index in [0.29, 0.717) is 42.8 Å². The zero-order chi connectivity index (χ0) is 22.4. The van der Waals surface area contributed by atoms with E-state index in [1.165, 1.54) is 22.5 Å². The number of nitrogens with one attached hydrogen (secondary N) is 2. The van der Waals surface area contributed by atoms with Crippen LogP contribution in [0.5, 0.6) is 5.75 Å². The van der Waals surface area contributed by atoms with Crippen molar-refractivity contribution in [1.82, 2.24) is 9.62 Å². The van der Waals surface area contributed by atoms with Crippen molar-refractivity contribution in [3.63, 3.8) is 0 Å². The number of amides is 1. The van der Waals surface area contributed by atoms with Crippen LogP contribution in [0, 0.1) is 0 Å². The van der Waals surface area contributed by atoms with E-state index in [2.05, 4.69) is 10.6 Å². The van der Waals surface area contributed by atoms with Gasteiger partial charge in [0.2, 0.25) is 10.0 Å². The molecule has 1 aliphatic rings. The molecule has 3 rings (SSSR count). The molecule has 0 saturated carbocycles. The molecule has 8 nitrogen and oxygen atoms in total. The minimum absolute atomic E-state index is 0.0413. The van der Waals surface area contributed by atoms with Crippen LogP contribution in [-0.4, -0.2) is 56.7 Å². The Balaban J connectivity index is 1.51. The van der Waals surface area contributed by atoms with Crippen LogP contribution in [0.15, 0.2) is 47.4 Å². The molecule has 166 valence electrons. The van der Waals surface area contributed by atoms with E-state index in [1.54, 1.807) is 24.3 Å². The van der Waals surface area contributed by atoms with Gasteiger partial charge in [-0.05, 0) is 54.7 Å². The molecule has 2 aromatic carbocycles. The van der Waals surface area contributed by atoms with Gasteiger partial charge in [-0.3, -0.25) is 10.1 Å². The largest absolute Gasteiger partial charge is 0.482 e. The summed E-state index contributed by atoms with van der Waals surface area (Å²) in [6.07, 6.45) is 0. The van der Waals surface area contributed by atoms with Gasteiger partial charge >= 0.3 is 0 Å². The van der Waals surface area contributed by atoms with Gasteiger partial charge in [0.15, 0.2) is 11.7 Å². The highest BCUT2D eigenvalue weighted by atomic mass is 35.5. The standard InChI is InChI=1S/C19H19Cl2N3O5S2/c20-13-1-6-17(16(21)11-13)29-12-18(25)23-19(30)22-14-2-4-15(5-3-14)31(26,27)24-7-9-28-10-8-24/h1-6,11H,7-10,12H2,(H2,22,23,25,30). The first-order chi connectivity index (χ1) is 14.8. The minimum atomic E-state index is -3.58. The Kier molecular flexibility index (Phi) is 8.09. The maximum absolute atomic E-state index is 12.6. The predicted octanol–water partition coefficient (Wildman–Crippen LogP) is 2.91. The van der Waals surface area contributed by atoms with E-state index in [4.69, 9.17) is 44.9 Å². The van der Waals surface area contributed by atoms with Crippen LogP contribution in [0.25, 0.3) is 0 Å². The summed E-state index contributed by atoms with van der Waals surface area (Å²) >= 11 is 16.9. The number of benzene rings is 2. The van der Waals surface area contributed by atoms with E-state index < -0.39 is 15.9 Å².